The third-order valence-electron chi connectivity index (χ3n) is 0.686. The van der Waals surface area contributed by atoms with Crippen molar-refractivity contribution < 1.29 is 9.53 Å². The Balaban J connectivity index is 3.43. The van der Waals surface area contributed by atoms with E-state index in [1.165, 1.54) is 12.2 Å². The molecule has 0 aromatic rings. The van der Waals surface area contributed by atoms with Crippen molar-refractivity contribution in [2.75, 3.05) is 11.9 Å². The lowest BCUT2D eigenvalue weighted by Crippen LogP contribution is -1.99. The van der Waals surface area contributed by atoms with Gasteiger partial charge < -0.3 is 4.74 Å². The summed E-state index contributed by atoms with van der Waals surface area (Å²) in [5.74, 6) is -0.334. The lowest BCUT2D eigenvalue weighted by atomic mass is 10.5. The second kappa shape index (κ2) is 6.55. The smallest absolute Gasteiger partial charge is 0.330 e. The molecule has 0 saturated heterocycles. The molecule has 0 aromatic carbocycles. The van der Waals surface area contributed by atoms with Crippen LogP contribution in [0.5, 0.6) is 0 Å². The van der Waals surface area contributed by atoms with E-state index in [9.17, 15) is 4.79 Å². The van der Waals surface area contributed by atoms with Crippen molar-refractivity contribution in [3.63, 3.8) is 0 Å². The van der Waals surface area contributed by atoms with E-state index in [2.05, 4.69) is 27.2 Å². The average molecular weight is 205 g/mol. The first-order valence-electron chi connectivity index (χ1n) is 2.81. The maximum atomic E-state index is 10.6. The van der Waals surface area contributed by atoms with Gasteiger partial charge in [-0.15, -0.1) is 0 Å². The molecule has 0 aliphatic heterocycles. The fourth-order valence-corrected chi connectivity index (χ4v) is 0.517. The maximum absolute atomic E-state index is 10.6. The number of hydrogen-bond donors (Lipinski definition) is 0. The van der Waals surface area contributed by atoms with Crippen LogP contribution in [0.2, 0.25) is 0 Å². The molecule has 0 aliphatic rings. The first-order valence-corrected chi connectivity index (χ1v) is 3.93. The van der Waals surface area contributed by atoms with Gasteiger partial charge in [0, 0.05) is 11.4 Å². The van der Waals surface area contributed by atoms with Crippen LogP contribution in [0.4, 0.5) is 0 Å². The van der Waals surface area contributed by atoms with Crippen molar-refractivity contribution in [3.8, 4) is 0 Å². The van der Waals surface area contributed by atoms with Gasteiger partial charge in [-0.05, 0) is 0 Å². The molecule has 0 fully saturated rings. The fraction of sp³-hybridized carbons (Fsp3) is 0.286. The van der Waals surface area contributed by atoms with Crippen LogP contribution in [0.3, 0.4) is 0 Å². The highest BCUT2D eigenvalue weighted by atomic mass is 79.9. The lowest BCUT2D eigenvalue weighted by molar-refractivity contribution is -0.136. The number of ether oxygens (including phenoxy) is 1. The molecule has 0 aromatic heterocycles. The third kappa shape index (κ3) is 5.56. The van der Waals surface area contributed by atoms with Crippen molar-refractivity contribution in [2.45, 2.75) is 0 Å². The summed E-state index contributed by atoms with van der Waals surface area (Å²) in [4.78, 5) is 10.6. The Morgan fingerprint density at radius 2 is 2.40 bits per heavy atom. The number of alkyl halides is 1. The fourth-order valence-electron chi connectivity index (χ4n) is 0.330. The maximum Gasteiger partial charge on any atom is 0.330 e. The molecule has 3 heteroatoms. The third-order valence-corrected chi connectivity index (χ3v) is 1.06. The van der Waals surface area contributed by atoms with E-state index in [1.807, 2.05) is 0 Å². The molecule has 0 N–H and O–H groups in total. The van der Waals surface area contributed by atoms with E-state index in [4.69, 9.17) is 0 Å². The van der Waals surface area contributed by atoms with Gasteiger partial charge in [-0.2, -0.15) is 0 Å². The normalized spacial score (nSPS) is 9.70. The Morgan fingerprint density at radius 1 is 1.70 bits per heavy atom. The van der Waals surface area contributed by atoms with Crippen LogP contribution >= 0.6 is 15.9 Å². The molecule has 0 amide bonds. The molecule has 0 spiro atoms. The van der Waals surface area contributed by atoms with Gasteiger partial charge in [0.2, 0.25) is 0 Å². The van der Waals surface area contributed by atoms with Gasteiger partial charge in [0.05, 0.1) is 0 Å². The molecule has 0 bridgehead atoms. The summed E-state index contributed by atoms with van der Waals surface area (Å²) in [5.41, 5.74) is 0. The van der Waals surface area contributed by atoms with Crippen molar-refractivity contribution in [1.29, 1.82) is 0 Å². The minimum atomic E-state index is -0.334. The first-order chi connectivity index (χ1) is 4.81. The minimum absolute atomic E-state index is 0.269. The molecule has 56 valence electrons. The molecule has 0 saturated carbocycles. The summed E-state index contributed by atoms with van der Waals surface area (Å²) in [7, 11) is 0. The summed E-state index contributed by atoms with van der Waals surface area (Å²) >= 11 is 3.13. The summed E-state index contributed by atoms with van der Waals surface area (Å²) in [6.45, 7) is 3.67. The van der Waals surface area contributed by atoms with Gasteiger partial charge >= 0.3 is 5.97 Å². The van der Waals surface area contributed by atoms with Crippen molar-refractivity contribution in [2.24, 2.45) is 0 Å². The highest BCUT2D eigenvalue weighted by Gasteiger charge is 1.90. The van der Waals surface area contributed by atoms with Crippen LogP contribution in [-0.4, -0.2) is 17.9 Å². The van der Waals surface area contributed by atoms with E-state index in [0.29, 0.717) is 5.33 Å². The molecule has 0 atom stereocenters. The Morgan fingerprint density at radius 3 is 2.90 bits per heavy atom. The van der Waals surface area contributed by atoms with Crippen molar-refractivity contribution in [1.82, 2.24) is 0 Å². The van der Waals surface area contributed by atoms with Gasteiger partial charge in [0.25, 0.3) is 0 Å². The molecular formula is C7H9BrO2. The van der Waals surface area contributed by atoms with Crippen LogP contribution in [0.25, 0.3) is 0 Å². The quantitative estimate of drug-likeness (QED) is 0.302. The highest BCUT2D eigenvalue weighted by Crippen LogP contribution is 1.85. The van der Waals surface area contributed by atoms with E-state index < -0.39 is 0 Å². The highest BCUT2D eigenvalue weighted by molar-refractivity contribution is 9.09. The number of halogens is 1. The summed E-state index contributed by atoms with van der Waals surface area (Å²) < 4.78 is 4.63. The molecule has 0 radical (unpaired) electrons. The molecule has 0 aliphatic carbocycles. The minimum Gasteiger partial charge on any atom is -0.458 e. The number of hydrogen-bond acceptors (Lipinski definition) is 2. The molecule has 2 nitrogen and oxygen atoms in total. The molecule has 10 heavy (non-hydrogen) atoms. The number of esters is 1. The largest absolute Gasteiger partial charge is 0.458 e. The zero-order chi connectivity index (χ0) is 7.82. The predicted octanol–water partition coefficient (Wildman–Crippen LogP) is 1.67. The lowest BCUT2D eigenvalue weighted by Gasteiger charge is -1.93. The van der Waals surface area contributed by atoms with Gasteiger partial charge in [0.15, 0.2) is 0 Å². The zero-order valence-corrected chi connectivity index (χ0v) is 7.13. The summed E-state index contributed by atoms with van der Waals surface area (Å²) in [6.07, 6.45) is 4.57. The summed E-state index contributed by atoms with van der Waals surface area (Å²) in [6, 6.07) is 0. The van der Waals surface area contributed by atoms with E-state index >= 15 is 0 Å². The van der Waals surface area contributed by atoms with Crippen molar-refractivity contribution >= 4 is 21.9 Å². The second-order valence-corrected chi connectivity index (χ2v) is 2.12. The monoisotopic (exact) mass is 204 g/mol. The number of carbonyl (C=O) groups excluding carboxylic acids is 1. The number of rotatable bonds is 4. The average Bonchev–Trinajstić information content (AvgIpc) is 1.97. The Labute approximate surface area is 68.7 Å². The Hall–Kier alpha value is -0.570. The molecule has 0 unspecified atom stereocenters. The van der Waals surface area contributed by atoms with Crippen molar-refractivity contribution in [3.05, 3.63) is 24.8 Å². The molecule has 0 rings (SSSR count). The van der Waals surface area contributed by atoms with Crippen LogP contribution in [0, 0.1) is 0 Å². The second-order valence-electron chi connectivity index (χ2n) is 1.48. The van der Waals surface area contributed by atoms with Crippen LogP contribution in [0.1, 0.15) is 0 Å². The molecule has 0 heterocycles. The topological polar surface area (TPSA) is 26.3 Å². The number of carbonyl (C=O) groups is 1. The summed E-state index contributed by atoms with van der Waals surface area (Å²) in [5, 5.41) is 0.663. The van der Waals surface area contributed by atoms with E-state index in [0.717, 1.165) is 0 Å². The standard InChI is InChI=1S/C7H9BrO2/c1-2-6-10-7(9)4-3-5-8/h2-4H,1,5-6H2/b4-3+. The predicted molar refractivity (Wildman–Crippen MR) is 44.1 cm³/mol. The Bertz CT molecular complexity index is 141. The SMILES string of the molecule is C=CCOC(=O)/C=C/CBr. The van der Waals surface area contributed by atoms with E-state index in [1.54, 1.807) is 6.08 Å². The van der Waals surface area contributed by atoms with Crippen LogP contribution < -0.4 is 0 Å². The zero-order valence-electron chi connectivity index (χ0n) is 5.55. The first kappa shape index (κ1) is 9.43. The molecular weight excluding hydrogens is 196 g/mol. The van der Waals surface area contributed by atoms with Gasteiger partial charge in [-0.25, -0.2) is 4.79 Å². The van der Waals surface area contributed by atoms with Crippen LogP contribution in [0.15, 0.2) is 24.8 Å². The van der Waals surface area contributed by atoms with E-state index in [-0.39, 0.29) is 12.6 Å². The van der Waals surface area contributed by atoms with Crippen LogP contribution in [-0.2, 0) is 9.53 Å². The Kier molecular flexibility index (Phi) is 6.18. The van der Waals surface area contributed by atoms with Gasteiger partial charge in [0.1, 0.15) is 6.61 Å². The number of allylic oxidation sites excluding steroid dienone is 1. The van der Waals surface area contributed by atoms with Gasteiger partial charge in [-0.3, -0.25) is 0 Å². The van der Waals surface area contributed by atoms with Gasteiger partial charge in [-0.1, -0.05) is 34.7 Å².